The summed E-state index contributed by atoms with van der Waals surface area (Å²) in [7, 11) is 0. The average Bonchev–Trinajstić information content (AvgIpc) is 2.71. The van der Waals surface area contributed by atoms with Gasteiger partial charge in [0.2, 0.25) is 0 Å². The third-order valence-corrected chi connectivity index (χ3v) is 6.45. The number of Topliss-reactive ketones (excluding diaryl/α,β-unsaturated/α-hetero) is 2. The molecule has 0 saturated carbocycles. The van der Waals surface area contributed by atoms with E-state index in [4.69, 9.17) is 0 Å². The van der Waals surface area contributed by atoms with E-state index in [-0.39, 0.29) is 11.6 Å². The normalized spacial score (nSPS) is 16.6. The van der Waals surface area contributed by atoms with E-state index in [0.717, 1.165) is 34.1 Å². The van der Waals surface area contributed by atoms with Gasteiger partial charge < -0.3 is 10.0 Å². The quantitative estimate of drug-likeness (QED) is 0.609. The second kappa shape index (κ2) is 9.33. The fraction of sp³-hybridized carbons (Fsp3) is 0.417. The zero-order chi connectivity index (χ0) is 21.0. The van der Waals surface area contributed by atoms with Gasteiger partial charge in [-0.3, -0.25) is 9.59 Å². The van der Waals surface area contributed by atoms with Crippen molar-refractivity contribution in [1.82, 2.24) is 4.90 Å². The summed E-state index contributed by atoms with van der Waals surface area (Å²) in [5.74, 6) is -0.0263. The first-order chi connectivity index (χ1) is 13.8. The summed E-state index contributed by atoms with van der Waals surface area (Å²) in [5.41, 5.74) is 2.24. The summed E-state index contributed by atoms with van der Waals surface area (Å²) in [6, 6.07) is 13.1. The van der Waals surface area contributed by atoms with Crippen LogP contribution >= 0.6 is 15.9 Å². The number of benzene rings is 2. The van der Waals surface area contributed by atoms with E-state index in [2.05, 4.69) is 20.8 Å². The van der Waals surface area contributed by atoms with Crippen molar-refractivity contribution in [2.45, 2.75) is 45.1 Å². The van der Waals surface area contributed by atoms with Gasteiger partial charge in [0.05, 0.1) is 0 Å². The number of nitrogens with zero attached hydrogens (tertiary/aromatic N) is 1. The summed E-state index contributed by atoms with van der Waals surface area (Å²) < 4.78 is 0.963. The highest BCUT2D eigenvalue weighted by Gasteiger charge is 2.39. The summed E-state index contributed by atoms with van der Waals surface area (Å²) in [5, 5.41) is 10.9. The van der Waals surface area contributed by atoms with Crippen LogP contribution in [0.4, 0.5) is 0 Å². The van der Waals surface area contributed by atoms with Gasteiger partial charge in [0.25, 0.3) is 0 Å². The molecule has 0 spiro atoms. The van der Waals surface area contributed by atoms with Gasteiger partial charge in [-0.15, -0.1) is 0 Å². The molecule has 3 rings (SSSR count). The van der Waals surface area contributed by atoms with Crippen molar-refractivity contribution in [1.29, 1.82) is 0 Å². The van der Waals surface area contributed by atoms with Crippen molar-refractivity contribution in [3.05, 3.63) is 69.2 Å². The van der Waals surface area contributed by atoms with Gasteiger partial charge in [-0.2, -0.15) is 0 Å². The Labute approximate surface area is 181 Å². The van der Waals surface area contributed by atoms with E-state index in [9.17, 15) is 14.7 Å². The maximum atomic E-state index is 12.9. The first kappa shape index (κ1) is 21.9. The maximum Gasteiger partial charge on any atom is 0.194 e. The van der Waals surface area contributed by atoms with E-state index in [1.807, 2.05) is 56.3 Å². The highest BCUT2D eigenvalue weighted by atomic mass is 79.9. The average molecular weight is 458 g/mol. The second-order valence-corrected chi connectivity index (χ2v) is 8.95. The zero-order valence-electron chi connectivity index (χ0n) is 17.1. The van der Waals surface area contributed by atoms with Crippen LogP contribution in [0.2, 0.25) is 0 Å². The molecule has 0 aliphatic carbocycles. The largest absolute Gasteiger partial charge is 0.382 e. The number of carbonyl (C=O) groups excluding carboxylic acids is 2. The Morgan fingerprint density at radius 2 is 1.62 bits per heavy atom. The van der Waals surface area contributed by atoms with Crippen LogP contribution in [0.5, 0.6) is 0 Å². The number of aryl methyl sites for hydroxylation is 2. The minimum absolute atomic E-state index is 0.149. The molecule has 1 aliphatic heterocycles. The molecule has 2 aromatic rings. The van der Waals surface area contributed by atoms with Crippen molar-refractivity contribution < 1.29 is 14.7 Å². The van der Waals surface area contributed by atoms with E-state index in [0.29, 0.717) is 37.9 Å². The van der Waals surface area contributed by atoms with Crippen LogP contribution in [0.1, 0.15) is 57.5 Å². The molecule has 0 bridgehead atoms. The van der Waals surface area contributed by atoms with E-state index in [1.165, 1.54) is 0 Å². The molecule has 0 atom stereocenters. The number of halogens is 1. The topological polar surface area (TPSA) is 57.6 Å². The van der Waals surface area contributed by atoms with Crippen molar-refractivity contribution >= 4 is 27.5 Å². The Hall–Kier alpha value is -1.82. The minimum Gasteiger partial charge on any atom is -0.382 e. The van der Waals surface area contributed by atoms with Gasteiger partial charge in [-0.1, -0.05) is 40.2 Å². The van der Waals surface area contributed by atoms with Crippen molar-refractivity contribution in [3.8, 4) is 0 Å². The molecule has 1 saturated heterocycles. The van der Waals surface area contributed by atoms with Crippen molar-refractivity contribution in [2.24, 2.45) is 0 Å². The van der Waals surface area contributed by atoms with Crippen molar-refractivity contribution in [3.63, 3.8) is 0 Å². The Morgan fingerprint density at radius 3 is 2.24 bits per heavy atom. The van der Waals surface area contributed by atoms with Gasteiger partial charge in [-0.25, -0.2) is 0 Å². The molecule has 0 amide bonds. The van der Waals surface area contributed by atoms with Gasteiger partial charge in [-0.05, 0) is 69.0 Å². The molecule has 154 valence electrons. The van der Waals surface area contributed by atoms with E-state index >= 15 is 0 Å². The van der Waals surface area contributed by atoms with Crippen LogP contribution in [-0.4, -0.2) is 46.8 Å². The molecule has 1 fully saturated rings. The van der Waals surface area contributed by atoms with E-state index in [1.54, 1.807) is 0 Å². The number of likely N-dealkylation sites (tertiary alicyclic amines) is 1. The van der Waals surface area contributed by atoms with E-state index < -0.39 is 5.60 Å². The number of piperidine rings is 1. The number of rotatable bonds is 7. The second-order valence-electron chi connectivity index (χ2n) is 8.04. The fourth-order valence-corrected chi connectivity index (χ4v) is 4.03. The zero-order valence-corrected chi connectivity index (χ0v) is 18.7. The van der Waals surface area contributed by atoms with Crippen LogP contribution < -0.4 is 0 Å². The summed E-state index contributed by atoms with van der Waals surface area (Å²) >= 11 is 3.38. The Kier molecular flexibility index (Phi) is 7.04. The number of ketones is 2. The standard InChI is InChI=1S/C24H28BrNO3/c1-17-5-6-20(16-18(17)2)23(28)24(29)11-14-26(15-12-24)13-3-4-22(27)19-7-9-21(25)10-8-19/h5-10,16,29H,3-4,11-15H2,1-2H3. The molecular formula is C24H28BrNO3. The lowest BCUT2D eigenvalue weighted by molar-refractivity contribution is -0.00648. The monoisotopic (exact) mass is 457 g/mol. The number of hydrogen-bond acceptors (Lipinski definition) is 4. The predicted molar refractivity (Wildman–Crippen MR) is 119 cm³/mol. The van der Waals surface area contributed by atoms with Gasteiger partial charge in [0.15, 0.2) is 11.6 Å². The first-order valence-electron chi connectivity index (χ1n) is 10.1. The van der Waals surface area contributed by atoms with Gasteiger partial charge in [0.1, 0.15) is 5.60 Å². The molecular weight excluding hydrogens is 430 g/mol. The van der Waals surface area contributed by atoms with Crippen LogP contribution in [0.25, 0.3) is 0 Å². The number of hydrogen-bond donors (Lipinski definition) is 1. The summed E-state index contributed by atoms with van der Waals surface area (Å²) in [6.45, 7) is 6.13. The Morgan fingerprint density at radius 1 is 1.00 bits per heavy atom. The third-order valence-electron chi connectivity index (χ3n) is 5.92. The lowest BCUT2D eigenvalue weighted by Crippen LogP contribution is -2.49. The van der Waals surface area contributed by atoms with Gasteiger partial charge in [0, 0.05) is 35.1 Å². The van der Waals surface area contributed by atoms with Crippen LogP contribution in [0.15, 0.2) is 46.9 Å². The summed E-state index contributed by atoms with van der Waals surface area (Å²) in [4.78, 5) is 27.4. The number of carbonyl (C=O) groups is 2. The first-order valence-corrected chi connectivity index (χ1v) is 10.9. The lowest BCUT2D eigenvalue weighted by atomic mass is 9.83. The predicted octanol–water partition coefficient (Wildman–Crippen LogP) is 4.74. The fourth-order valence-electron chi connectivity index (χ4n) is 3.77. The Bertz CT molecular complexity index is 883. The molecule has 2 aromatic carbocycles. The molecule has 1 N–H and O–H groups in total. The third kappa shape index (κ3) is 5.41. The molecule has 29 heavy (non-hydrogen) atoms. The molecule has 0 aromatic heterocycles. The highest BCUT2D eigenvalue weighted by molar-refractivity contribution is 9.10. The Balaban J connectivity index is 1.48. The van der Waals surface area contributed by atoms with Crippen LogP contribution in [0.3, 0.4) is 0 Å². The molecule has 1 aliphatic rings. The number of aliphatic hydroxyl groups is 1. The van der Waals surface area contributed by atoms with Crippen molar-refractivity contribution in [2.75, 3.05) is 19.6 Å². The summed E-state index contributed by atoms with van der Waals surface area (Å²) in [6.07, 6.45) is 2.14. The molecule has 4 nitrogen and oxygen atoms in total. The molecule has 1 heterocycles. The minimum atomic E-state index is -1.29. The van der Waals surface area contributed by atoms with Crippen LogP contribution in [0, 0.1) is 13.8 Å². The molecule has 5 heteroatoms. The SMILES string of the molecule is Cc1ccc(C(=O)C2(O)CCN(CCCC(=O)c3ccc(Br)cc3)CC2)cc1C. The maximum absolute atomic E-state index is 12.9. The lowest BCUT2D eigenvalue weighted by Gasteiger charge is -2.37. The molecule has 0 radical (unpaired) electrons. The highest BCUT2D eigenvalue weighted by Crippen LogP contribution is 2.27. The van der Waals surface area contributed by atoms with Gasteiger partial charge >= 0.3 is 0 Å². The smallest absolute Gasteiger partial charge is 0.194 e. The molecule has 0 unspecified atom stereocenters. The van der Waals surface area contributed by atoms with Crippen LogP contribution in [-0.2, 0) is 0 Å².